The van der Waals surface area contributed by atoms with Crippen LogP contribution in [0.2, 0.25) is 0 Å². The van der Waals surface area contributed by atoms with E-state index in [-0.39, 0.29) is 0 Å². The normalized spacial score (nSPS) is 48.8. The summed E-state index contributed by atoms with van der Waals surface area (Å²) in [5, 5.41) is 0. The molecule has 2 aliphatic carbocycles. The lowest BCUT2D eigenvalue weighted by molar-refractivity contribution is -0.129. The lowest BCUT2D eigenvalue weighted by Gasteiger charge is -2.51. The predicted molar refractivity (Wildman–Crippen MR) is 58.0 cm³/mol. The van der Waals surface area contributed by atoms with E-state index in [9.17, 15) is 4.79 Å². The summed E-state index contributed by atoms with van der Waals surface area (Å²) in [4.78, 5) is 11.4. The van der Waals surface area contributed by atoms with E-state index in [1.807, 2.05) is 0 Å². The third-order valence-electron chi connectivity index (χ3n) is 5.21. The Morgan fingerprint density at radius 2 is 2.00 bits per heavy atom. The van der Waals surface area contributed by atoms with Crippen molar-refractivity contribution in [1.29, 1.82) is 0 Å². The zero-order chi connectivity index (χ0) is 10.3. The van der Waals surface area contributed by atoms with Crippen molar-refractivity contribution in [2.75, 3.05) is 0 Å². The van der Waals surface area contributed by atoms with Crippen molar-refractivity contribution in [2.24, 2.45) is 23.2 Å². The minimum Gasteiger partial charge on any atom is -0.300 e. The zero-order valence-corrected chi connectivity index (χ0v) is 9.68. The second-order valence-electron chi connectivity index (χ2n) is 5.79. The van der Waals surface area contributed by atoms with E-state index in [0.29, 0.717) is 17.1 Å². The van der Waals surface area contributed by atoms with Crippen LogP contribution in [0.25, 0.3) is 0 Å². The van der Waals surface area contributed by atoms with Crippen molar-refractivity contribution in [1.82, 2.24) is 0 Å². The second-order valence-corrected chi connectivity index (χ2v) is 5.79. The van der Waals surface area contributed by atoms with Crippen LogP contribution in [0.3, 0.4) is 0 Å². The van der Waals surface area contributed by atoms with Crippen LogP contribution in [0.4, 0.5) is 0 Å². The van der Waals surface area contributed by atoms with E-state index in [1.54, 1.807) is 0 Å². The molecular formula is C13H22O. The maximum atomic E-state index is 11.4. The number of carbonyl (C=O) groups excluding carboxylic acids is 1. The van der Waals surface area contributed by atoms with Gasteiger partial charge in [0.15, 0.2) is 0 Å². The Labute approximate surface area is 87.3 Å². The molecule has 0 aliphatic heterocycles. The summed E-state index contributed by atoms with van der Waals surface area (Å²) in [5.74, 6) is 2.85. The third-order valence-corrected chi connectivity index (χ3v) is 5.21. The quantitative estimate of drug-likeness (QED) is 0.577. The first-order valence-corrected chi connectivity index (χ1v) is 6.05. The monoisotopic (exact) mass is 194 g/mol. The Morgan fingerprint density at radius 3 is 2.71 bits per heavy atom. The molecule has 2 fully saturated rings. The summed E-state index contributed by atoms with van der Waals surface area (Å²) in [6, 6.07) is 0. The van der Waals surface area contributed by atoms with Crippen LogP contribution in [0.5, 0.6) is 0 Å². The van der Waals surface area contributed by atoms with Gasteiger partial charge < -0.3 is 0 Å². The van der Waals surface area contributed by atoms with E-state index in [1.165, 1.54) is 12.8 Å². The molecule has 0 N–H and O–H groups in total. The van der Waals surface area contributed by atoms with Crippen LogP contribution in [0.15, 0.2) is 0 Å². The van der Waals surface area contributed by atoms with Crippen molar-refractivity contribution in [3.05, 3.63) is 0 Å². The van der Waals surface area contributed by atoms with Gasteiger partial charge in [-0.25, -0.2) is 0 Å². The molecule has 2 rings (SSSR count). The van der Waals surface area contributed by atoms with E-state index in [0.717, 1.165) is 31.1 Å². The molecule has 1 heteroatoms. The Balaban J connectivity index is 2.20. The fraction of sp³-hybridized carbons (Fsp3) is 0.923. The number of hydrogen-bond acceptors (Lipinski definition) is 1. The van der Waals surface area contributed by atoms with Gasteiger partial charge in [0, 0.05) is 12.8 Å². The van der Waals surface area contributed by atoms with Gasteiger partial charge in [-0.05, 0) is 36.0 Å². The van der Waals surface area contributed by atoms with E-state index >= 15 is 0 Å². The Morgan fingerprint density at radius 1 is 1.29 bits per heavy atom. The number of Topliss-reactive ketones (excluding diaryl/α,β-unsaturated/α-hetero) is 1. The molecule has 0 bridgehead atoms. The van der Waals surface area contributed by atoms with Crippen molar-refractivity contribution in [3.8, 4) is 0 Å². The van der Waals surface area contributed by atoms with Crippen LogP contribution >= 0.6 is 0 Å². The average molecular weight is 194 g/mol. The van der Waals surface area contributed by atoms with Gasteiger partial charge in [-0.1, -0.05) is 27.2 Å². The van der Waals surface area contributed by atoms with Crippen molar-refractivity contribution in [2.45, 2.75) is 52.9 Å². The lowest BCUT2D eigenvalue weighted by atomic mass is 9.53. The van der Waals surface area contributed by atoms with Crippen LogP contribution in [0.1, 0.15) is 52.9 Å². The topological polar surface area (TPSA) is 17.1 Å². The maximum Gasteiger partial charge on any atom is 0.133 e. The van der Waals surface area contributed by atoms with Gasteiger partial charge in [-0.3, -0.25) is 4.79 Å². The van der Waals surface area contributed by atoms with Crippen molar-refractivity contribution >= 4 is 5.78 Å². The molecule has 4 atom stereocenters. The number of fused-ring (bicyclic) bond motifs is 1. The largest absolute Gasteiger partial charge is 0.300 e. The lowest BCUT2D eigenvalue weighted by Crippen LogP contribution is -2.45. The first-order chi connectivity index (χ1) is 6.54. The zero-order valence-electron chi connectivity index (χ0n) is 9.68. The van der Waals surface area contributed by atoms with Gasteiger partial charge >= 0.3 is 0 Å². The van der Waals surface area contributed by atoms with Gasteiger partial charge in [0.1, 0.15) is 5.78 Å². The fourth-order valence-electron chi connectivity index (χ4n) is 3.62. The predicted octanol–water partition coefficient (Wildman–Crippen LogP) is 3.43. The number of hydrogen-bond donors (Lipinski definition) is 0. The summed E-state index contributed by atoms with van der Waals surface area (Å²) in [6.45, 7) is 7.19. The molecule has 0 saturated heterocycles. The number of ketones is 1. The summed E-state index contributed by atoms with van der Waals surface area (Å²) < 4.78 is 0. The molecule has 0 radical (unpaired) electrons. The average Bonchev–Trinajstić information content (AvgIpc) is 2.16. The molecular weight excluding hydrogens is 172 g/mol. The molecule has 0 aromatic carbocycles. The van der Waals surface area contributed by atoms with E-state index in [2.05, 4.69) is 20.8 Å². The number of rotatable bonds is 0. The third kappa shape index (κ3) is 1.41. The Hall–Kier alpha value is -0.330. The van der Waals surface area contributed by atoms with Crippen molar-refractivity contribution in [3.63, 3.8) is 0 Å². The van der Waals surface area contributed by atoms with Crippen molar-refractivity contribution < 1.29 is 4.79 Å². The van der Waals surface area contributed by atoms with Crippen LogP contribution in [-0.4, -0.2) is 5.78 Å². The molecule has 80 valence electrons. The van der Waals surface area contributed by atoms with E-state index < -0.39 is 0 Å². The van der Waals surface area contributed by atoms with Crippen LogP contribution < -0.4 is 0 Å². The molecule has 2 aliphatic rings. The molecule has 0 aromatic heterocycles. The second kappa shape index (κ2) is 3.36. The highest BCUT2D eigenvalue weighted by atomic mass is 16.1. The first kappa shape index (κ1) is 10.2. The molecule has 1 nitrogen and oxygen atoms in total. The SMILES string of the molecule is CC1CC[C@@H]2CC(=O)CC[C@]2(C)[C@H]1C. The molecule has 0 spiro atoms. The molecule has 0 amide bonds. The minimum atomic E-state index is 0.464. The molecule has 0 heterocycles. The molecule has 0 aromatic rings. The first-order valence-electron chi connectivity index (χ1n) is 6.05. The van der Waals surface area contributed by atoms with Gasteiger partial charge in [0.2, 0.25) is 0 Å². The van der Waals surface area contributed by atoms with Crippen LogP contribution in [-0.2, 0) is 4.79 Å². The highest BCUT2D eigenvalue weighted by molar-refractivity contribution is 5.79. The van der Waals surface area contributed by atoms with Gasteiger partial charge in [-0.2, -0.15) is 0 Å². The number of carbonyl (C=O) groups is 1. The highest BCUT2D eigenvalue weighted by Gasteiger charge is 2.47. The summed E-state index contributed by atoms with van der Waals surface area (Å²) >= 11 is 0. The van der Waals surface area contributed by atoms with E-state index in [4.69, 9.17) is 0 Å². The standard InChI is InChI=1S/C13H22O/c1-9-4-5-11-8-12(14)6-7-13(11,3)10(9)2/h9-11H,4-8H2,1-3H3/t9?,10-,11+,13+/m0/s1. The maximum absolute atomic E-state index is 11.4. The van der Waals surface area contributed by atoms with Gasteiger partial charge in [-0.15, -0.1) is 0 Å². The summed E-state index contributed by atoms with van der Waals surface area (Å²) in [5.41, 5.74) is 0.464. The fourth-order valence-corrected chi connectivity index (χ4v) is 3.62. The molecule has 2 saturated carbocycles. The minimum absolute atomic E-state index is 0.464. The van der Waals surface area contributed by atoms with Gasteiger partial charge in [0.05, 0.1) is 0 Å². The Bertz CT molecular complexity index is 246. The summed E-state index contributed by atoms with van der Waals surface area (Å²) in [7, 11) is 0. The summed E-state index contributed by atoms with van der Waals surface area (Å²) in [6.07, 6.45) is 5.46. The smallest absolute Gasteiger partial charge is 0.133 e. The molecule has 1 unspecified atom stereocenters. The molecule has 14 heavy (non-hydrogen) atoms. The Kier molecular flexibility index (Phi) is 2.45. The van der Waals surface area contributed by atoms with Gasteiger partial charge in [0.25, 0.3) is 0 Å². The highest BCUT2D eigenvalue weighted by Crippen LogP contribution is 2.54. The van der Waals surface area contributed by atoms with Crippen LogP contribution in [0, 0.1) is 23.2 Å².